The number of halogens is 4. The third-order valence-corrected chi connectivity index (χ3v) is 5.24. The van der Waals surface area contributed by atoms with Crippen LogP contribution in [0.15, 0.2) is 48.5 Å². The van der Waals surface area contributed by atoms with E-state index in [4.69, 9.17) is 0 Å². The quantitative estimate of drug-likeness (QED) is 0.685. The highest BCUT2D eigenvalue weighted by molar-refractivity contribution is 5.95. The molecule has 3 rings (SSSR count). The van der Waals surface area contributed by atoms with Crippen LogP contribution in [0.5, 0.6) is 0 Å². The Bertz CT molecular complexity index is 942. The van der Waals surface area contributed by atoms with Crippen LogP contribution in [0.25, 0.3) is 0 Å². The van der Waals surface area contributed by atoms with E-state index in [1.807, 2.05) is 4.90 Å². The lowest BCUT2D eigenvalue weighted by molar-refractivity contribution is -0.137. The van der Waals surface area contributed by atoms with E-state index in [0.717, 1.165) is 11.8 Å². The number of hydrogen-bond acceptors (Lipinski definition) is 4. The predicted octanol–water partition coefficient (Wildman–Crippen LogP) is 3.06. The fourth-order valence-corrected chi connectivity index (χ4v) is 3.46. The summed E-state index contributed by atoms with van der Waals surface area (Å²) >= 11 is 0. The largest absolute Gasteiger partial charge is 0.418 e. The molecule has 1 saturated heterocycles. The van der Waals surface area contributed by atoms with E-state index in [1.165, 1.54) is 42.3 Å². The second-order valence-corrected chi connectivity index (χ2v) is 7.58. The van der Waals surface area contributed by atoms with Crippen molar-refractivity contribution in [3.05, 3.63) is 59.9 Å². The maximum absolute atomic E-state index is 13.1. The average Bonchev–Trinajstić information content (AvgIpc) is 2.74. The molecule has 0 unspecified atom stereocenters. The number of carbonyl (C=O) groups is 2. The van der Waals surface area contributed by atoms with Gasteiger partial charge in [-0.05, 0) is 36.4 Å². The Hall–Kier alpha value is -3.14. The van der Waals surface area contributed by atoms with Crippen molar-refractivity contribution in [2.45, 2.75) is 6.18 Å². The predicted molar refractivity (Wildman–Crippen MR) is 113 cm³/mol. The number of anilines is 2. The summed E-state index contributed by atoms with van der Waals surface area (Å²) in [6, 6.07) is 10.9. The second-order valence-electron chi connectivity index (χ2n) is 7.58. The minimum absolute atomic E-state index is 0.0974. The molecule has 2 aromatic rings. The first-order chi connectivity index (χ1) is 15.1. The number of piperazine rings is 1. The number of alkyl halides is 3. The van der Waals surface area contributed by atoms with Crippen molar-refractivity contribution in [3.8, 4) is 0 Å². The molecule has 0 bridgehead atoms. The number of rotatable bonds is 6. The van der Waals surface area contributed by atoms with Crippen molar-refractivity contribution in [1.29, 1.82) is 0 Å². The van der Waals surface area contributed by atoms with Crippen LogP contribution in [0.2, 0.25) is 0 Å². The Labute approximate surface area is 183 Å². The Morgan fingerprint density at radius 1 is 1.00 bits per heavy atom. The van der Waals surface area contributed by atoms with Crippen molar-refractivity contribution in [1.82, 2.24) is 9.80 Å². The summed E-state index contributed by atoms with van der Waals surface area (Å²) in [6.07, 6.45) is -4.60. The highest BCUT2D eigenvalue weighted by atomic mass is 19.4. The molecule has 172 valence electrons. The van der Waals surface area contributed by atoms with Crippen molar-refractivity contribution in [3.63, 3.8) is 0 Å². The fraction of sp³-hybridized carbons (Fsp3) is 0.364. The highest BCUT2D eigenvalue weighted by Crippen LogP contribution is 2.34. The summed E-state index contributed by atoms with van der Waals surface area (Å²) < 4.78 is 52.3. The Kier molecular flexibility index (Phi) is 7.34. The molecule has 0 saturated carbocycles. The van der Waals surface area contributed by atoms with Gasteiger partial charge in [0.05, 0.1) is 24.3 Å². The third-order valence-electron chi connectivity index (χ3n) is 5.24. The van der Waals surface area contributed by atoms with Gasteiger partial charge in [-0.1, -0.05) is 12.1 Å². The van der Waals surface area contributed by atoms with Crippen molar-refractivity contribution in [2.75, 3.05) is 56.5 Å². The van der Waals surface area contributed by atoms with E-state index in [1.54, 1.807) is 12.1 Å². The summed E-state index contributed by atoms with van der Waals surface area (Å²) in [5.74, 6) is -1.31. The van der Waals surface area contributed by atoms with Gasteiger partial charge in [0.25, 0.3) is 0 Å². The van der Waals surface area contributed by atoms with Crippen LogP contribution in [0.1, 0.15) is 5.56 Å². The molecule has 0 atom stereocenters. The van der Waals surface area contributed by atoms with Crippen LogP contribution in [0.4, 0.5) is 28.9 Å². The van der Waals surface area contributed by atoms with Gasteiger partial charge in [-0.2, -0.15) is 13.2 Å². The van der Waals surface area contributed by atoms with Gasteiger partial charge in [0, 0.05) is 38.9 Å². The van der Waals surface area contributed by atoms with E-state index in [9.17, 15) is 27.2 Å². The van der Waals surface area contributed by atoms with Crippen molar-refractivity contribution >= 4 is 23.2 Å². The van der Waals surface area contributed by atoms with E-state index in [-0.39, 0.29) is 30.5 Å². The van der Waals surface area contributed by atoms with Gasteiger partial charge >= 0.3 is 6.18 Å². The molecular formula is C22H24F4N4O2. The van der Waals surface area contributed by atoms with Crippen LogP contribution < -0.4 is 10.2 Å². The maximum atomic E-state index is 13.1. The zero-order valence-corrected chi connectivity index (χ0v) is 17.5. The molecule has 0 spiro atoms. The molecular weight excluding hydrogens is 428 g/mol. The molecule has 10 heteroatoms. The molecule has 6 nitrogen and oxygen atoms in total. The molecule has 1 aliphatic heterocycles. The SMILES string of the molecule is CN(CC(=O)Nc1ccccc1C(F)(F)F)C(=O)CN1CCN(c2ccc(F)cc2)CC1. The molecule has 0 radical (unpaired) electrons. The smallest absolute Gasteiger partial charge is 0.369 e. The van der Waals surface area contributed by atoms with Gasteiger partial charge < -0.3 is 15.1 Å². The van der Waals surface area contributed by atoms with Gasteiger partial charge in [0.1, 0.15) is 5.82 Å². The molecule has 1 aliphatic rings. The molecule has 32 heavy (non-hydrogen) atoms. The third kappa shape index (κ3) is 6.19. The summed E-state index contributed by atoms with van der Waals surface area (Å²) in [7, 11) is 1.44. The summed E-state index contributed by atoms with van der Waals surface area (Å²) in [4.78, 5) is 29.9. The Morgan fingerprint density at radius 2 is 1.62 bits per heavy atom. The van der Waals surface area contributed by atoms with Crippen LogP contribution in [-0.2, 0) is 15.8 Å². The summed E-state index contributed by atoms with van der Waals surface area (Å²) in [5.41, 5.74) is -0.380. The topological polar surface area (TPSA) is 55.9 Å². The Balaban J connectivity index is 1.47. The van der Waals surface area contributed by atoms with Gasteiger partial charge in [0.15, 0.2) is 0 Å². The van der Waals surface area contributed by atoms with Gasteiger partial charge in [-0.3, -0.25) is 14.5 Å². The second kappa shape index (κ2) is 9.99. The van der Waals surface area contributed by atoms with Crippen LogP contribution in [0, 0.1) is 5.82 Å². The minimum atomic E-state index is -4.60. The summed E-state index contributed by atoms with van der Waals surface area (Å²) in [5, 5.41) is 2.23. The number of nitrogens with one attached hydrogen (secondary N) is 1. The van der Waals surface area contributed by atoms with Gasteiger partial charge in [-0.15, -0.1) is 0 Å². The normalized spacial score (nSPS) is 14.8. The first kappa shape index (κ1) is 23.5. The van der Waals surface area contributed by atoms with Gasteiger partial charge in [0.2, 0.25) is 11.8 Å². The number of amides is 2. The number of para-hydroxylation sites is 1. The number of benzene rings is 2. The number of hydrogen-bond donors (Lipinski definition) is 1. The first-order valence-electron chi connectivity index (χ1n) is 10.1. The summed E-state index contributed by atoms with van der Waals surface area (Å²) in [6.45, 7) is 2.29. The zero-order chi connectivity index (χ0) is 23.3. The Morgan fingerprint density at radius 3 is 2.25 bits per heavy atom. The van der Waals surface area contributed by atoms with Crippen LogP contribution in [0.3, 0.4) is 0 Å². The highest BCUT2D eigenvalue weighted by Gasteiger charge is 2.33. The van der Waals surface area contributed by atoms with Crippen LogP contribution >= 0.6 is 0 Å². The monoisotopic (exact) mass is 452 g/mol. The molecule has 1 heterocycles. The molecule has 2 amide bonds. The molecule has 1 fully saturated rings. The molecule has 2 aromatic carbocycles. The standard InChI is InChI=1S/C22H24F4N4O2/c1-28(14-20(31)27-19-5-3-2-4-18(19)22(24,25)26)21(32)15-29-10-12-30(13-11-29)17-8-6-16(23)7-9-17/h2-9H,10-15H2,1H3,(H,27,31). The molecule has 1 N–H and O–H groups in total. The number of carbonyl (C=O) groups excluding carboxylic acids is 2. The maximum Gasteiger partial charge on any atom is 0.418 e. The van der Waals surface area contributed by atoms with Crippen molar-refractivity contribution < 1.29 is 27.2 Å². The zero-order valence-electron chi connectivity index (χ0n) is 17.5. The average molecular weight is 452 g/mol. The number of likely N-dealkylation sites (N-methyl/N-ethyl adjacent to an activating group) is 1. The van der Waals surface area contributed by atoms with E-state index < -0.39 is 17.6 Å². The lowest BCUT2D eigenvalue weighted by Gasteiger charge is -2.36. The fourth-order valence-electron chi connectivity index (χ4n) is 3.46. The lowest BCUT2D eigenvalue weighted by Crippen LogP contribution is -2.50. The van der Waals surface area contributed by atoms with Gasteiger partial charge in [-0.25, -0.2) is 4.39 Å². The van der Waals surface area contributed by atoms with E-state index in [2.05, 4.69) is 10.2 Å². The van der Waals surface area contributed by atoms with E-state index >= 15 is 0 Å². The van der Waals surface area contributed by atoms with Crippen LogP contribution in [-0.4, -0.2) is 67.9 Å². The minimum Gasteiger partial charge on any atom is -0.369 e. The number of nitrogens with zero attached hydrogens (tertiary/aromatic N) is 3. The first-order valence-corrected chi connectivity index (χ1v) is 10.1. The lowest BCUT2D eigenvalue weighted by atomic mass is 10.1. The molecule has 0 aromatic heterocycles. The van der Waals surface area contributed by atoms with Crippen molar-refractivity contribution in [2.24, 2.45) is 0 Å². The van der Waals surface area contributed by atoms with E-state index in [0.29, 0.717) is 26.2 Å². The molecule has 0 aliphatic carbocycles.